The van der Waals surface area contributed by atoms with Crippen LogP contribution in [0.5, 0.6) is 0 Å². The molecular formula is C19H31NO3Si. The number of rotatable bonds is 4. The monoisotopic (exact) mass is 349 g/mol. The lowest BCUT2D eigenvalue weighted by Gasteiger charge is -2.42. The molecule has 1 atom stereocenters. The van der Waals surface area contributed by atoms with Gasteiger partial charge in [-0.25, -0.2) is 4.79 Å². The third-order valence-electron chi connectivity index (χ3n) is 5.11. The zero-order valence-electron chi connectivity index (χ0n) is 15.7. The number of carbonyl (C=O) groups excluding carboxylic acids is 1. The van der Waals surface area contributed by atoms with Crippen LogP contribution in [0.25, 0.3) is 0 Å². The van der Waals surface area contributed by atoms with Gasteiger partial charge in [0.05, 0.1) is 6.10 Å². The molecular weight excluding hydrogens is 318 g/mol. The van der Waals surface area contributed by atoms with Gasteiger partial charge < -0.3 is 14.1 Å². The highest BCUT2D eigenvalue weighted by molar-refractivity contribution is 6.74. The predicted octanol–water partition coefficient (Wildman–Crippen LogP) is 4.81. The minimum Gasteiger partial charge on any atom is -0.445 e. The summed E-state index contributed by atoms with van der Waals surface area (Å²) in [6.45, 7) is 13.0. The molecule has 0 saturated carbocycles. The number of likely N-dealkylation sites (tertiary alicyclic amines) is 1. The second-order valence-corrected chi connectivity index (χ2v) is 12.9. The molecule has 5 heteroatoms. The van der Waals surface area contributed by atoms with Crippen LogP contribution in [-0.4, -0.2) is 38.5 Å². The fourth-order valence-corrected chi connectivity index (χ4v) is 3.98. The summed E-state index contributed by atoms with van der Waals surface area (Å²) < 4.78 is 11.9. The van der Waals surface area contributed by atoms with E-state index in [0.29, 0.717) is 13.2 Å². The maximum atomic E-state index is 12.3. The van der Waals surface area contributed by atoms with Crippen molar-refractivity contribution < 1.29 is 14.0 Å². The molecule has 2 rings (SSSR count). The highest BCUT2D eigenvalue weighted by Crippen LogP contribution is 2.38. The molecule has 1 aromatic carbocycles. The van der Waals surface area contributed by atoms with E-state index < -0.39 is 8.32 Å². The van der Waals surface area contributed by atoms with Crippen molar-refractivity contribution in [3.8, 4) is 0 Å². The Kier molecular flexibility index (Phi) is 6.10. The first-order valence-electron chi connectivity index (χ1n) is 8.82. The number of ether oxygens (including phenoxy) is 1. The van der Waals surface area contributed by atoms with E-state index in [4.69, 9.17) is 9.16 Å². The molecule has 0 aliphatic carbocycles. The molecule has 0 N–H and O–H groups in total. The number of hydrogen-bond donors (Lipinski definition) is 0. The van der Waals surface area contributed by atoms with Crippen molar-refractivity contribution >= 4 is 14.4 Å². The lowest BCUT2D eigenvalue weighted by molar-refractivity contribution is 0.0503. The second-order valence-electron chi connectivity index (χ2n) is 8.13. The SMILES string of the molecule is CC(C)(C)[Si](C)(C)O[C@H]1CCCN(C(=O)OCc2ccccc2)C1. The van der Waals surface area contributed by atoms with Gasteiger partial charge in [0, 0.05) is 13.1 Å². The van der Waals surface area contributed by atoms with Crippen molar-refractivity contribution in [2.75, 3.05) is 13.1 Å². The average molecular weight is 350 g/mol. The lowest BCUT2D eigenvalue weighted by atomic mass is 10.1. The fraction of sp³-hybridized carbons (Fsp3) is 0.632. The van der Waals surface area contributed by atoms with Gasteiger partial charge in [0.2, 0.25) is 0 Å². The molecule has 0 unspecified atom stereocenters. The maximum Gasteiger partial charge on any atom is 0.410 e. The minimum atomic E-state index is -1.81. The van der Waals surface area contributed by atoms with Crippen LogP contribution in [0.3, 0.4) is 0 Å². The largest absolute Gasteiger partial charge is 0.445 e. The number of hydrogen-bond acceptors (Lipinski definition) is 3. The third-order valence-corrected chi connectivity index (χ3v) is 9.64. The summed E-state index contributed by atoms with van der Waals surface area (Å²) in [7, 11) is -1.81. The quantitative estimate of drug-likeness (QED) is 0.732. The maximum absolute atomic E-state index is 12.3. The van der Waals surface area contributed by atoms with Gasteiger partial charge in [-0.1, -0.05) is 51.1 Å². The topological polar surface area (TPSA) is 38.8 Å². The van der Waals surface area contributed by atoms with E-state index in [1.807, 2.05) is 30.3 Å². The number of amides is 1. The first-order chi connectivity index (χ1) is 11.2. The Hall–Kier alpha value is -1.33. The van der Waals surface area contributed by atoms with Crippen molar-refractivity contribution in [3.05, 3.63) is 35.9 Å². The standard InChI is InChI=1S/C19H31NO3Si/c1-19(2,3)24(4,5)23-17-12-9-13-20(14-17)18(21)22-15-16-10-7-6-8-11-16/h6-8,10-11,17H,9,12-15H2,1-5H3/t17-/m0/s1. The van der Waals surface area contributed by atoms with Gasteiger partial charge in [-0.15, -0.1) is 0 Å². The fourth-order valence-electron chi connectivity index (χ4n) is 2.60. The smallest absolute Gasteiger partial charge is 0.410 e. The molecule has 1 heterocycles. The number of piperidine rings is 1. The van der Waals surface area contributed by atoms with Crippen molar-refractivity contribution in [2.24, 2.45) is 0 Å². The molecule has 0 spiro atoms. The van der Waals surface area contributed by atoms with Gasteiger partial charge in [-0.2, -0.15) is 0 Å². The molecule has 0 bridgehead atoms. The van der Waals surface area contributed by atoms with Crippen molar-refractivity contribution in [1.82, 2.24) is 4.90 Å². The zero-order chi connectivity index (χ0) is 17.8. The van der Waals surface area contributed by atoms with Gasteiger partial charge in [0.15, 0.2) is 8.32 Å². The summed E-state index contributed by atoms with van der Waals surface area (Å²) in [4.78, 5) is 14.1. The van der Waals surface area contributed by atoms with Crippen LogP contribution < -0.4 is 0 Å². The molecule has 0 aromatic heterocycles. The van der Waals surface area contributed by atoms with Crippen molar-refractivity contribution in [3.63, 3.8) is 0 Å². The Morgan fingerprint density at radius 3 is 2.54 bits per heavy atom. The van der Waals surface area contributed by atoms with Crippen LogP contribution in [0.15, 0.2) is 30.3 Å². The van der Waals surface area contributed by atoms with E-state index in [0.717, 1.165) is 24.9 Å². The number of carbonyl (C=O) groups is 1. The molecule has 1 fully saturated rings. The van der Waals surface area contributed by atoms with E-state index in [1.54, 1.807) is 4.90 Å². The summed E-state index contributed by atoms with van der Waals surface area (Å²) in [5, 5.41) is 0.184. The van der Waals surface area contributed by atoms with Crippen LogP contribution in [0.4, 0.5) is 4.79 Å². The van der Waals surface area contributed by atoms with Crippen LogP contribution >= 0.6 is 0 Å². The normalized spacial score (nSPS) is 19.2. The van der Waals surface area contributed by atoms with Gasteiger partial charge in [-0.3, -0.25) is 0 Å². The van der Waals surface area contributed by atoms with Crippen LogP contribution in [-0.2, 0) is 15.8 Å². The molecule has 1 aromatic rings. The number of benzene rings is 1. The van der Waals surface area contributed by atoms with E-state index in [2.05, 4.69) is 33.9 Å². The zero-order valence-corrected chi connectivity index (χ0v) is 16.7. The summed E-state index contributed by atoms with van der Waals surface area (Å²) in [6, 6.07) is 9.79. The van der Waals surface area contributed by atoms with Gasteiger partial charge in [-0.05, 0) is 36.5 Å². The van der Waals surface area contributed by atoms with Gasteiger partial charge >= 0.3 is 6.09 Å². The van der Waals surface area contributed by atoms with Crippen LogP contribution in [0.2, 0.25) is 18.1 Å². The molecule has 134 valence electrons. The van der Waals surface area contributed by atoms with E-state index in [-0.39, 0.29) is 17.2 Å². The van der Waals surface area contributed by atoms with Gasteiger partial charge in [0.1, 0.15) is 6.61 Å². The highest BCUT2D eigenvalue weighted by atomic mass is 28.4. The van der Waals surface area contributed by atoms with Crippen LogP contribution in [0, 0.1) is 0 Å². The summed E-state index contributed by atoms with van der Waals surface area (Å²) in [6.07, 6.45) is 1.89. The molecule has 1 aliphatic heterocycles. The molecule has 4 nitrogen and oxygen atoms in total. The van der Waals surface area contributed by atoms with Crippen LogP contribution in [0.1, 0.15) is 39.2 Å². The molecule has 0 radical (unpaired) electrons. The van der Waals surface area contributed by atoms with E-state index >= 15 is 0 Å². The summed E-state index contributed by atoms with van der Waals surface area (Å²) in [5.41, 5.74) is 1.01. The minimum absolute atomic E-state index is 0.129. The van der Waals surface area contributed by atoms with Crippen molar-refractivity contribution in [2.45, 2.75) is 64.5 Å². The molecule has 1 aliphatic rings. The molecule has 1 amide bonds. The molecule has 1 saturated heterocycles. The Bertz CT molecular complexity index is 539. The Morgan fingerprint density at radius 2 is 1.92 bits per heavy atom. The summed E-state index contributed by atoms with van der Waals surface area (Å²) >= 11 is 0. The second kappa shape index (κ2) is 7.70. The predicted molar refractivity (Wildman–Crippen MR) is 99.5 cm³/mol. The highest BCUT2D eigenvalue weighted by Gasteiger charge is 2.40. The van der Waals surface area contributed by atoms with Crippen molar-refractivity contribution in [1.29, 1.82) is 0 Å². The number of nitrogens with zero attached hydrogens (tertiary/aromatic N) is 1. The third kappa shape index (κ3) is 5.08. The van der Waals surface area contributed by atoms with E-state index in [9.17, 15) is 4.79 Å². The lowest BCUT2D eigenvalue weighted by Crippen LogP contribution is -2.50. The first kappa shape index (κ1) is 19.0. The van der Waals surface area contributed by atoms with Gasteiger partial charge in [0.25, 0.3) is 0 Å². The summed E-state index contributed by atoms with van der Waals surface area (Å²) in [5.74, 6) is 0. The Morgan fingerprint density at radius 1 is 1.25 bits per heavy atom. The average Bonchev–Trinajstić information content (AvgIpc) is 2.52. The Balaban J connectivity index is 1.87. The first-order valence-corrected chi connectivity index (χ1v) is 11.7. The molecule has 24 heavy (non-hydrogen) atoms. The Labute approximate surface area is 147 Å². The van der Waals surface area contributed by atoms with E-state index in [1.165, 1.54) is 0 Å².